The molecule has 1 saturated heterocycles. The molecule has 0 bridgehead atoms. The molecule has 0 aromatic carbocycles. The third-order valence-electron chi connectivity index (χ3n) is 5.05. The summed E-state index contributed by atoms with van der Waals surface area (Å²) in [4.78, 5) is 25.4. The van der Waals surface area contributed by atoms with Crippen LogP contribution in [-0.4, -0.2) is 52.1 Å². The molecule has 8 nitrogen and oxygen atoms in total. The Labute approximate surface area is 169 Å². The van der Waals surface area contributed by atoms with Crippen LogP contribution >= 0.6 is 15.9 Å². The van der Waals surface area contributed by atoms with Crippen molar-refractivity contribution in [2.45, 2.75) is 18.8 Å². The summed E-state index contributed by atoms with van der Waals surface area (Å²) in [6, 6.07) is 7.34. The van der Waals surface area contributed by atoms with Gasteiger partial charge in [-0.3, -0.25) is 4.79 Å². The fourth-order valence-corrected chi connectivity index (χ4v) is 3.58. The van der Waals surface area contributed by atoms with E-state index in [1.165, 1.54) is 0 Å². The molecule has 5 rings (SSSR count). The van der Waals surface area contributed by atoms with E-state index >= 15 is 0 Å². The van der Waals surface area contributed by atoms with E-state index in [4.69, 9.17) is 8.94 Å². The van der Waals surface area contributed by atoms with Crippen molar-refractivity contribution in [2.75, 3.05) is 31.1 Å². The summed E-state index contributed by atoms with van der Waals surface area (Å²) in [6.45, 7) is 2.67. The summed E-state index contributed by atoms with van der Waals surface area (Å²) < 4.78 is 11.2. The fraction of sp³-hybridized carbons (Fsp3) is 0.368. The average Bonchev–Trinajstić information content (AvgIpc) is 3.30. The molecule has 3 aromatic heterocycles. The minimum absolute atomic E-state index is 0.0859. The predicted octanol–water partition coefficient (Wildman–Crippen LogP) is 3.33. The van der Waals surface area contributed by atoms with Crippen molar-refractivity contribution in [1.82, 2.24) is 20.0 Å². The van der Waals surface area contributed by atoms with Gasteiger partial charge in [-0.2, -0.15) is 4.98 Å². The Morgan fingerprint density at radius 3 is 2.57 bits per heavy atom. The smallest absolute Gasteiger partial charge is 0.289 e. The number of furan rings is 1. The number of carbonyl (C=O) groups is 1. The molecule has 1 aliphatic carbocycles. The third kappa shape index (κ3) is 3.42. The number of halogens is 1. The molecule has 1 saturated carbocycles. The Hall–Kier alpha value is -2.68. The van der Waals surface area contributed by atoms with E-state index in [-0.39, 0.29) is 5.91 Å². The Morgan fingerprint density at radius 2 is 1.93 bits per heavy atom. The molecule has 0 atom stereocenters. The summed E-state index contributed by atoms with van der Waals surface area (Å²) >= 11 is 3.23. The predicted molar refractivity (Wildman–Crippen MR) is 104 cm³/mol. The number of anilines is 1. The van der Waals surface area contributed by atoms with Gasteiger partial charge in [-0.05, 0) is 53.0 Å². The lowest BCUT2D eigenvalue weighted by atomic mass is 10.2. The molecule has 28 heavy (non-hydrogen) atoms. The Morgan fingerprint density at radius 1 is 1.11 bits per heavy atom. The van der Waals surface area contributed by atoms with Crippen molar-refractivity contribution < 1.29 is 13.7 Å². The van der Waals surface area contributed by atoms with Crippen LogP contribution in [0.15, 0.2) is 44.1 Å². The lowest BCUT2D eigenvalue weighted by Gasteiger charge is -2.35. The molecular weight excluding hydrogens is 426 g/mol. The number of pyridine rings is 1. The minimum atomic E-state index is -0.0859. The molecule has 3 aromatic rings. The van der Waals surface area contributed by atoms with Crippen LogP contribution in [0.25, 0.3) is 11.4 Å². The van der Waals surface area contributed by atoms with Gasteiger partial charge in [0.05, 0.1) is 0 Å². The van der Waals surface area contributed by atoms with Crippen LogP contribution in [0.5, 0.6) is 0 Å². The van der Waals surface area contributed by atoms with Gasteiger partial charge >= 0.3 is 0 Å². The van der Waals surface area contributed by atoms with Crippen molar-refractivity contribution in [3.05, 3.63) is 46.8 Å². The summed E-state index contributed by atoms with van der Waals surface area (Å²) in [5.41, 5.74) is 0.844. The van der Waals surface area contributed by atoms with Crippen molar-refractivity contribution in [3.8, 4) is 11.4 Å². The molecular formula is C19H18BrN5O3. The number of amides is 1. The second-order valence-electron chi connectivity index (χ2n) is 7.02. The highest BCUT2D eigenvalue weighted by molar-refractivity contribution is 9.10. The summed E-state index contributed by atoms with van der Waals surface area (Å²) in [6.07, 6.45) is 4.03. The Balaban J connectivity index is 1.22. The van der Waals surface area contributed by atoms with Crippen LogP contribution in [0.4, 0.5) is 5.82 Å². The Bertz CT molecular complexity index is 987. The molecule has 0 spiro atoms. The number of piperazine rings is 1. The topological polar surface area (TPSA) is 88.5 Å². The van der Waals surface area contributed by atoms with E-state index in [0.29, 0.717) is 48.4 Å². The monoisotopic (exact) mass is 443 g/mol. The van der Waals surface area contributed by atoms with Gasteiger partial charge < -0.3 is 18.7 Å². The maximum Gasteiger partial charge on any atom is 0.289 e. The normalized spacial score (nSPS) is 17.2. The number of hydrogen-bond donors (Lipinski definition) is 0. The van der Waals surface area contributed by atoms with E-state index in [9.17, 15) is 4.79 Å². The highest BCUT2D eigenvalue weighted by atomic mass is 79.9. The number of aromatic nitrogens is 3. The summed E-state index contributed by atoms with van der Waals surface area (Å²) in [7, 11) is 0. The van der Waals surface area contributed by atoms with Crippen LogP contribution in [-0.2, 0) is 0 Å². The number of hydrogen-bond acceptors (Lipinski definition) is 7. The van der Waals surface area contributed by atoms with Gasteiger partial charge in [0, 0.05) is 43.9 Å². The first-order valence-corrected chi connectivity index (χ1v) is 10.1. The van der Waals surface area contributed by atoms with Gasteiger partial charge in [0.2, 0.25) is 11.7 Å². The van der Waals surface area contributed by atoms with E-state index in [1.54, 1.807) is 23.2 Å². The first-order chi connectivity index (χ1) is 13.7. The molecule has 1 aliphatic heterocycles. The second kappa shape index (κ2) is 7.05. The first-order valence-electron chi connectivity index (χ1n) is 9.27. The maximum absolute atomic E-state index is 12.5. The van der Waals surface area contributed by atoms with Gasteiger partial charge in [0.15, 0.2) is 10.4 Å². The Kier molecular flexibility index (Phi) is 4.38. The molecule has 0 radical (unpaired) electrons. The summed E-state index contributed by atoms with van der Waals surface area (Å²) in [5.74, 6) is 2.90. The highest BCUT2D eigenvalue weighted by Crippen LogP contribution is 2.39. The van der Waals surface area contributed by atoms with Gasteiger partial charge in [-0.15, -0.1) is 0 Å². The van der Waals surface area contributed by atoms with Crippen LogP contribution in [0.3, 0.4) is 0 Å². The van der Waals surface area contributed by atoms with E-state index in [0.717, 1.165) is 30.1 Å². The molecule has 2 aliphatic rings. The van der Waals surface area contributed by atoms with Gasteiger partial charge in [0.1, 0.15) is 5.82 Å². The lowest BCUT2D eigenvalue weighted by Crippen LogP contribution is -2.49. The molecule has 9 heteroatoms. The number of nitrogens with zero attached hydrogens (tertiary/aromatic N) is 5. The van der Waals surface area contributed by atoms with E-state index in [2.05, 4.69) is 36.0 Å². The van der Waals surface area contributed by atoms with Gasteiger partial charge in [0.25, 0.3) is 5.91 Å². The van der Waals surface area contributed by atoms with Crippen molar-refractivity contribution in [2.24, 2.45) is 0 Å². The lowest BCUT2D eigenvalue weighted by molar-refractivity contribution is 0.0713. The largest absolute Gasteiger partial charge is 0.444 e. The zero-order chi connectivity index (χ0) is 19.1. The third-order valence-corrected chi connectivity index (χ3v) is 5.48. The van der Waals surface area contributed by atoms with Gasteiger partial charge in [-0.25, -0.2) is 4.98 Å². The molecule has 1 amide bonds. The molecule has 144 valence electrons. The van der Waals surface area contributed by atoms with Crippen molar-refractivity contribution in [3.63, 3.8) is 0 Å². The van der Waals surface area contributed by atoms with E-state index in [1.807, 2.05) is 12.1 Å². The summed E-state index contributed by atoms with van der Waals surface area (Å²) in [5, 5.41) is 4.05. The standard InChI is InChI=1S/C19H18BrN5O3/c20-15-5-4-14(27-15)19(26)25-9-7-24(8-10-25)16-6-3-13(11-21-16)17-22-18(28-23-17)12-1-2-12/h3-6,11-12H,1-2,7-10H2. The highest BCUT2D eigenvalue weighted by Gasteiger charge is 2.30. The van der Waals surface area contributed by atoms with Crippen molar-refractivity contribution in [1.29, 1.82) is 0 Å². The molecule has 0 N–H and O–H groups in total. The average molecular weight is 444 g/mol. The zero-order valence-electron chi connectivity index (χ0n) is 15.0. The number of rotatable bonds is 4. The fourth-order valence-electron chi connectivity index (χ4n) is 3.28. The molecule has 0 unspecified atom stereocenters. The maximum atomic E-state index is 12.5. The minimum Gasteiger partial charge on any atom is -0.444 e. The zero-order valence-corrected chi connectivity index (χ0v) is 16.6. The SMILES string of the molecule is O=C(c1ccc(Br)o1)N1CCN(c2ccc(-c3noc(C4CC4)n3)cn2)CC1. The van der Waals surface area contributed by atoms with Crippen LogP contribution in [0.2, 0.25) is 0 Å². The van der Waals surface area contributed by atoms with Gasteiger partial charge in [-0.1, -0.05) is 5.16 Å². The molecule has 2 fully saturated rings. The number of carbonyl (C=O) groups excluding carboxylic acids is 1. The molecule has 4 heterocycles. The van der Waals surface area contributed by atoms with Crippen LogP contribution < -0.4 is 4.90 Å². The van der Waals surface area contributed by atoms with E-state index < -0.39 is 0 Å². The van der Waals surface area contributed by atoms with Crippen LogP contribution in [0, 0.1) is 0 Å². The first kappa shape index (κ1) is 17.4. The van der Waals surface area contributed by atoms with Crippen molar-refractivity contribution >= 4 is 27.7 Å². The quantitative estimate of drug-likeness (QED) is 0.610. The second-order valence-corrected chi connectivity index (χ2v) is 7.80. The van der Waals surface area contributed by atoms with Crippen LogP contribution in [0.1, 0.15) is 35.2 Å².